The number of anilines is 2. The summed E-state index contributed by atoms with van der Waals surface area (Å²) in [4.78, 5) is 10.6. The Morgan fingerprint density at radius 3 is 2.36 bits per heavy atom. The van der Waals surface area contributed by atoms with Gasteiger partial charge in [0.15, 0.2) is 0 Å². The molecule has 0 radical (unpaired) electrons. The van der Waals surface area contributed by atoms with Gasteiger partial charge in [0.05, 0.1) is 9.82 Å². The molecule has 0 heterocycles. The third kappa shape index (κ3) is 3.97. The van der Waals surface area contributed by atoms with E-state index < -0.39 is 14.9 Å². The van der Waals surface area contributed by atoms with E-state index in [-0.39, 0.29) is 16.6 Å². The molecule has 3 rings (SSSR count). The van der Waals surface area contributed by atoms with Crippen LogP contribution in [0.15, 0.2) is 65.6 Å². The molecule has 2 N–H and O–H groups in total. The van der Waals surface area contributed by atoms with Crippen LogP contribution in [0, 0.1) is 10.1 Å². The summed E-state index contributed by atoms with van der Waals surface area (Å²) in [5.41, 5.74) is 0.449. The number of nitro benzene ring substituents is 1. The molecule has 0 aliphatic heterocycles. The highest BCUT2D eigenvalue weighted by atomic mass is 32.2. The minimum absolute atomic E-state index is 0.0867. The van der Waals surface area contributed by atoms with Crippen LogP contribution in [-0.2, 0) is 10.0 Å². The van der Waals surface area contributed by atoms with E-state index in [2.05, 4.69) is 10.0 Å². The third-order valence-corrected chi connectivity index (χ3v) is 5.25. The number of benzene rings is 2. The predicted octanol–water partition coefficient (Wildman–Crippen LogP) is 3.53. The van der Waals surface area contributed by atoms with Gasteiger partial charge in [-0.15, -0.1) is 0 Å². The Kier molecular flexibility index (Phi) is 4.71. The lowest BCUT2D eigenvalue weighted by Crippen LogP contribution is -2.17. The maximum Gasteiger partial charge on any atom is 0.293 e. The largest absolute Gasteiger partial charge is 0.376 e. The van der Waals surface area contributed by atoms with Gasteiger partial charge in [-0.1, -0.05) is 30.4 Å². The van der Waals surface area contributed by atoms with E-state index in [1.54, 1.807) is 30.3 Å². The highest BCUT2D eigenvalue weighted by Crippen LogP contribution is 2.30. The molecular formula is C17H17N3O4S. The molecule has 130 valence electrons. The van der Waals surface area contributed by atoms with Gasteiger partial charge in [-0.3, -0.25) is 14.8 Å². The highest BCUT2D eigenvalue weighted by Gasteiger charge is 2.23. The van der Waals surface area contributed by atoms with Crippen molar-refractivity contribution >= 4 is 27.1 Å². The van der Waals surface area contributed by atoms with Crippen molar-refractivity contribution < 1.29 is 13.3 Å². The van der Waals surface area contributed by atoms with Crippen LogP contribution in [0.25, 0.3) is 0 Å². The summed E-state index contributed by atoms with van der Waals surface area (Å²) in [6, 6.07) is 12.3. The molecule has 0 fully saturated rings. The number of para-hydroxylation sites is 1. The van der Waals surface area contributed by atoms with Gasteiger partial charge in [0, 0.05) is 17.8 Å². The van der Waals surface area contributed by atoms with Gasteiger partial charge in [-0.2, -0.15) is 0 Å². The van der Waals surface area contributed by atoms with E-state index in [0.29, 0.717) is 11.4 Å². The monoisotopic (exact) mass is 359 g/mol. The van der Waals surface area contributed by atoms with E-state index in [1.165, 1.54) is 12.1 Å². The zero-order valence-electron chi connectivity index (χ0n) is 13.3. The smallest absolute Gasteiger partial charge is 0.293 e. The SMILES string of the molecule is O=[N+]([O-])c1cc(S(=O)(=O)Nc2ccccc2)ccc1NC1CC=CC1. The van der Waals surface area contributed by atoms with Crippen molar-refractivity contribution in [2.75, 3.05) is 10.0 Å². The topological polar surface area (TPSA) is 101 Å². The van der Waals surface area contributed by atoms with Crippen molar-refractivity contribution in [3.8, 4) is 0 Å². The van der Waals surface area contributed by atoms with Crippen LogP contribution in [0.4, 0.5) is 17.1 Å². The number of rotatable bonds is 6. The van der Waals surface area contributed by atoms with Gasteiger partial charge >= 0.3 is 0 Å². The summed E-state index contributed by atoms with van der Waals surface area (Å²) in [6.45, 7) is 0. The molecule has 2 aromatic carbocycles. The van der Waals surface area contributed by atoms with Crippen LogP contribution in [0.5, 0.6) is 0 Å². The Labute approximate surface area is 145 Å². The summed E-state index contributed by atoms with van der Waals surface area (Å²) < 4.78 is 27.3. The molecule has 0 spiro atoms. The number of sulfonamides is 1. The number of nitro groups is 1. The first-order chi connectivity index (χ1) is 12.0. The zero-order valence-corrected chi connectivity index (χ0v) is 14.1. The maximum absolute atomic E-state index is 12.5. The van der Waals surface area contributed by atoms with Crippen LogP contribution < -0.4 is 10.0 Å². The molecule has 1 aliphatic rings. The molecule has 25 heavy (non-hydrogen) atoms. The van der Waals surface area contributed by atoms with Gasteiger partial charge in [0.1, 0.15) is 5.69 Å². The van der Waals surface area contributed by atoms with E-state index in [1.807, 2.05) is 12.2 Å². The highest BCUT2D eigenvalue weighted by molar-refractivity contribution is 7.92. The van der Waals surface area contributed by atoms with E-state index in [4.69, 9.17) is 0 Å². The Morgan fingerprint density at radius 2 is 1.72 bits per heavy atom. The number of hydrogen-bond donors (Lipinski definition) is 2. The molecule has 0 aromatic heterocycles. The minimum Gasteiger partial charge on any atom is -0.376 e. The number of nitrogens with one attached hydrogen (secondary N) is 2. The second-order valence-electron chi connectivity index (χ2n) is 5.69. The van der Waals surface area contributed by atoms with Crippen LogP contribution in [0.2, 0.25) is 0 Å². The molecule has 0 amide bonds. The minimum atomic E-state index is -3.91. The van der Waals surface area contributed by atoms with Crippen molar-refractivity contribution in [2.45, 2.75) is 23.8 Å². The Balaban J connectivity index is 1.89. The van der Waals surface area contributed by atoms with Crippen molar-refractivity contribution in [3.05, 3.63) is 70.8 Å². The van der Waals surface area contributed by atoms with Gasteiger partial charge in [0.2, 0.25) is 0 Å². The molecule has 0 atom stereocenters. The zero-order chi connectivity index (χ0) is 17.9. The lowest BCUT2D eigenvalue weighted by Gasteiger charge is -2.14. The first kappa shape index (κ1) is 17.0. The molecule has 7 nitrogen and oxygen atoms in total. The Bertz CT molecular complexity index is 903. The summed E-state index contributed by atoms with van der Waals surface area (Å²) in [6.07, 6.45) is 5.58. The van der Waals surface area contributed by atoms with Crippen LogP contribution >= 0.6 is 0 Å². The number of hydrogen-bond acceptors (Lipinski definition) is 5. The molecule has 2 aromatic rings. The third-order valence-electron chi connectivity index (χ3n) is 3.87. The summed E-state index contributed by atoms with van der Waals surface area (Å²) >= 11 is 0. The second-order valence-corrected chi connectivity index (χ2v) is 7.37. The van der Waals surface area contributed by atoms with E-state index in [9.17, 15) is 18.5 Å². The molecule has 1 aliphatic carbocycles. The summed E-state index contributed by atoms with van der Waals surface area (Å²) in [5, 5.41) is 14.5. The van der Waals surface area contributed by atoms with Gasteiger partial charge in [0.25, 0.3) is 15.7 Å². The molecule has 8 heteroatoms. The summed E-state index contributed by atoms with van der Waals surface area (Å²) in [5.74, 6) is 0. The lowest BCUT2D eigenvalue weighted by molar-refractivity contribution is -0.384. The fourth-order valence-corrected chi connectivity index (χ4v) is 3.71. The van der Waals surface area contributed by atoms with Crippen molar-refractivity contribution in [1.82, 2.24) is 0 Å². The van der Waals surface area contributed by atoms with Crippen molar-refractivity contribution in [1.29, 1.82) is 0 Å². The van der Waals surface area contributed by atoms with E-state index in [0.717, 1.165) is 18.9 Å². The first-order valence-corrected chi connectivity index (χ1v) is 9.22. The van der Waals surface area contributed by atoms with Crippen LogP contribution in [0.3, 0.4) is 0 Å². The molecule has 0 saturated carbocycles. The fraction of sp³-hybridized carbons (Fsp3) is 0.176. The molecule has 0 bridgehead atoms. The first-order valence-electron chi connectivity index (χ1n) is 7.73. The van der Waals surface area contributed by atoms with E-state index >= 15 is 0 Å². The van der Waals surface area contributed by atoms with Crippen LogP contribution in [0.1, 0.15) is 12.8 Å². The molecule has 0 saturated heterocycles. The van der Waals surface area contributed by atoms with Crippen LogP contribution in [-0.4, -0.2) is 19.4 Å². The fourth-order valence-electron chi connectivity index (χ4n) is 2.63. The summed E-state index contributed by atoms with van der Waals surface area (Å²) in [7, 11) is -3.91. The molecule has 0 unspecified atom stereocenters. The predicted molar refractivity (Wildman–Crippen MR) is 96.1 cm³/mol. The molecular weight excluding hydrogens is 342 g/mol. The van der Waals surface area contributed by atoms with Crippen molar-refractivity contribution in [2.24, 2.45) is 0 Å². The van der Waals surface area contributed by atoms with Crippen molar-refractivity contribution in [3.63, 3.8) is 0 Å². The Morgan fingerprint density at radius 1 is 1.04 bits per heavy atom. The number of nitrogens with zero attached hydrogens (tertiary/aromatic N) is 1. The lowest BCUT2D eigenvalue weighted by atomic mass is 10.2. The van der Waals surface area contributed by atoms with Gasteiger partial charge in [-0.25, -0.2) is 8.42 Å². The normalized spacial score (nSPS) is 14.4. The Hall–Kier alpha value is -2.87. The van der Waals surface area contributed by atoms with Gasteiger partial charge in [-0.05, 0) is 37.1 Å². The second kappa shape index (κ2) is 6.94. The average molecular weight is 359 g/mol. The van der Waals surface area contributed by atoms with Gasteiger partial charge < -0.3 is 5.32 Å². The standard InChI is InChI=1S/C17H17N3O4S/c21-20(22)17-12-15(10-11-16(17)18-13-6-4-5-7-13)25(23,24)19-14-8-2-1-3-9-14/h1-5,8-13,18-19H,6-7H2. The maximum atomic E-state index is 12.5. The quantitative estimate of drug-likeness (QED) is 0.467. The average Bonchev–Trinajstić information content (AvgIpc) is 3.08.